The standard InChI is InChI=1S/C15H29NO2/c1-2-11-18-13-7-6-10-16(12-13)14-8-4-3-5-9-15(14)17/h13-15,17H,2-12H2,1H3. The first-order chi connectivity index (χ1) is 8.81. The van der Waals surface area contributed by atoms with Gasteiger partial charge in [0.2, 0.25) is 0 Å². The van der Waals surface area contributed by atoms with Crippen LogP contribution in [0, 0.1) is 0 Å². The van der Waals surface area contributed by atoms with Crippen LogP contribution in [0.5, 0.6) is 0 Å². The molecule has 1 aliphatic heterocycles. The highest BCUT2D eigenvalue weighted by atomic mass is 16.5. The van der Waals surface area contributed by atoms with Crippen LogP contribution in [0.4, 0.5) is 0 Å². The highest BCUT2D eigenvalue weighted by Crippen LogP contribution is 2.25. The maximum absolute atomic E-state index is 10.3. The molecule has 2 fully saturated rings. The van der Waals surface area contributed by atoms with Crippen molar-refractivity contribution < 1.29 is 9.84 Å². The lowest BCUT2D eigenvalue weighted by atomic mass is 9.99. The second-order valence-corrected chi connectivity index (χ2v) is 5.90. The molecule has 1 saturated carbocycles. The fourth-order valence-electron chi connectivity index (χ4n) is 3.38. The predicted molar refractivity (Wildman–Crippen MR) is 73.7 cm³/mol. The molecule has 18 heavy (non-hydrogen) atoms. The zero-order chi connectivity index (χ0) is 12.8. The second kappa shape index (κ2) is 7.46. The van der Waals surface area contributed by atoms with E-state index >= 15 is 0 Å². The Kier molecular flexibility index (Phi) is 5.93. The fraction of sp³-hybridized carbons (Fsp3) is 1.00. The van der Waals surface area contributed by atoms with Gasteiger partial charge >= 0.3 is 0 Å². The molecule has 1 saturated heterocycles. The molecule has 3 unspecified atom stereocenters. The number of likely N-dealkylation sites (tertiary alicyclic amines) is 1. The van der Waals surface area contributed by atoms with Crippen molar-refractivity contribution in [3.63, 3.8) is 0 Å². The van der Waals surface area contributed by atoms with E-state index in [1.807, 2.05) is 0 Å². The van der Waals surface area contributed by atoms with E-state index < -0.39 is 0 Å². The van der Waals surface area contributed by atoms with Gasteiger partial charge in [-0.15, -0.1) is 0 Å². The number of nitrogens with zero attached hydrogens (tertiary/aromatic N) is 1. The highest BCUT2D eigenvalue weighted by Gasteiger charge is 2.31. The summed E-state index contributed by atoms with van der Waals surface area (Å²) < 4.78 is 5.90. The number of aliphatic hydroxyl groups is 1. The summed E-state index contributed by atoms with van der Waals surface area (Å²) in [5.74, 6) is 0. The molecule has 3 atom stereocenters. The van der Waals surface area contributed by atoms with Gasteiger partial charge in [-0.2, -0.15) is 0 Å². The Bertz CT molecular complexity index is 235. The summed E-state index contributed by atoms with van der Waals surface area (Å²) in [5.41, 5.74) is 0. The second-order valence-electron chi connectivity index (χ2n) is 5.90. The molecule has 106 valence electrons. The molecule has 2 aliphatic rings. The monoisotopic (exact) mass is 255 g/mol. The number of hydrogen-bond acceptors (Lipinski definition) is 3. The van der Waals surface area contributed by atoms with Crippen LogP contribution < -0.4 is 0 Å². The van der Waals surface area contributed by atoms with Gasteiger partial charge in [-0.05, 0) is 38.6 Å². The summed E-state index contributed by atoms with van der Waals surface area (Å²) in [7, 11) is 0. The Morgan fingerprint density at radius 3 is 2.78 bits per heavy atom. The maximum Gasteiger partial charge on any atom is 0.0702 e. The van der Waals surface area contributed by atoms with Crippen molar-refractivity contribution in [2.45, 2.75) is 76.5 Å². The van der Waals surface area contributed by atoms with Crippen LogP contribution in [0.1, 0.15) is 58.3 Å². The van der Waals surface area contributed by atoms with Crippen LogP contribution in [0.2, 0.25) is 0 Å². The lowest BCUT2D eigenvalue weighted by molar-refractivity contribution is -0.0373. The molecule has 1 aliphatic carbocycles. The first-order valence-corrected chi connectivity index (χ1v) is 7.85. The van der Waals surface area contributed by atoms with Crippen LogP contribution in [0.25, 0.3) is 0 Å². The van der Waals surface area contributed by atoms with Crippen molar-refractivity contribution in [1.82, 2.24) is 4.90 Å². The minimum atomic E-state index is -0.113. The molecule has 1 heterocycles. The molecule has 3 heteroatoms. The van der Waals surface area contributed by atoms with E-state index in [-0.39, 0.29) is 6.10 Å². The van der Waals surface area contributed by atoms with E-state index in [9.17, 15) is 5.11 Å². The van der Waals surface area contributed by atoms with Gasteiger partial charge in [0, 0.05) is 19.2 Å². The summed E-state index contributed by atoms with van der Waals surface area (Å²) in [4.78, 5) is 2.50. The molecule has 3 nitrogen and oxygen atoms in total. The van der Waals surface area contributed by atoms with Gasteiger partial charge in [-0.3, -0.25) is 4.90 Å². The molecule has 0 radical (unpaired) electrons. The molecule has 0 bridgehead atoms. The summed E-state index contributed by atoms with van der Waals surface area (Å²) >= 11 is 0. The number of aliphatic hydroxyl groups excluding tert-OH is 1. The SMILES string of the molecule is CCCOC1CCCN(C2CCCCCC2O)C1. The van der Waals surface area contributed by atoms with Crippen molar-refractivity contribution >= 4 is 0 Å². The number of hydrogen-bond donors (Lipinski definition) is 1. The zero-order valence-electron chi connectivity index (χ0n) is 11.8. The van der Waals surface area contributed by atoms with Gasteiger partial charge < -0.3 is 9.84 Å². The zero-order valence-corrected chi connectivity index (χ0v) is 11.8. The largest absolute Gasteiger partial charge is 0.391 e. The normalized spacial score (nSPS) is 35.3. The Hall–Kier alpha value is -0.120. The maximum atomic E-state index is 10.3. The van der Waals surface area contributed by atoms with Crippen LogP contribution in [0.15, 0.2) is 0 Å². The number of piperidine rings is 1. The van der Waals surface area contributed by atoms with Gasteiger partial charge in [0.25, 0.3) is 0 Å². The molecule has 0 aromatic heterocycles. The Morgan fingerprint density at radius 1 is 1.11 bits per heavy atom. The van der Waals surface area contributed by atoms with Crippen LogP contribution >= 0.6 is 0 Å². The summed E-state index contributed by atoms with van der Waals surface area (Å²) in [6, 6.07) is 0.389. The van der Waals surface area contributed by atoms with Gasteiger partial charge in [0.1, 0.15) is 0 Å². The molecule has 0 amide bonds. The topological polar surface area (TPSA) is 32.7 Å². The van der Waals surface area contributed by atoms with E-state index in [0.29, 0.717) is 12.1 Å². The third kappa shape index (κ3) is 3.94. The van der Waals surface area contributed by atoms with Gasteiger partial charge in [-0.25, -0.2) is 0 Å². The van der Waals surface area contributed by atoms with E-state index in [2.05, 4.69) is 11.8 Å². The van der Waals surface area contributed by atoms with Gasteiger partial charge in [-0.1, -0.05) is 26.2 Å². The lowest BCUT2D eigenvalue weighted by Gasteiger charge is -2.39. The Labute approximate surface area is 112 Å². The van der Waals surface area contributed by atoms with Crippen LogP contribution in [0.3, 0.4) is 0 Å². The van der Waals surface area contributed by atoms with Crippen LogP contribution in [-0.4, -0.2) is 48.0 Å². The van der Waals surface area contributed by atoms with E-state index in [1.54, 1.807) is 0 Å². The first-order valence-electron chi connectivity index (χ1n) is 7.85. The molecule has 0 aromatic rings. The molecular weight excluding hydrogens is 226 g/mol. The van der Waals surface area contributed by atoms with Crippen LogP contribution in [-0.2, 0) is 4.74 Å². The van der Waals surface area contributed by atoms with E-state index in [4.69, 9.17) is 4.74 Å². The molecule has 0 spiro atoms. The smallest absolute Gasteiger partial charge is 0.0702 e. The fourth-order valence-corrected chi connectivity index (χ4v) is 3.38. The molecular formula is C15H29NO2. The third-order valence-electron chi connectivity index (χ3n) is 4.38. The van der Waals surface area contributed by atoms with E-state index in [0.717, 1.165) is 32.5 Å². The van der Waals surface area contributed by atoms with Crippen molar-refractivity contribution in [1.29, 1.82) is 0 Å². The van der Waals surface area contributed by atoms with Crippen molar-refractivity contribution in [3.05, 3.63) is 0 Å². The van der Waals surface area contributed by atoms with Gasteiger partial charge in [0.05, 0.1) is 12.2 Å². The Morgan fingerprint density at radius 2 is 1.94 bits per heavy atom. The Balaban J connectivity index is 1.86. The average Bonchev–Trinajstić information content (AvgIpc) is 2.61. The average molecular weight is 255 g/mol. The molecule has 1 N–H and O–H groups in total. The van der Waals surface area contributed by atoms with Crippen molar-refractivity contribution in [3.8, 4) is 0 Å². The van der Waals surface area contributed by atoms with Gasteiger partial charge in [0.15, 0.2) is 0 Å². The van der Waals surface area contributed by atoms with E-state index in [1.165, 1.54) is 38.5 Å². The minimum absolute atomic E-state index is 0.113. The number of ether oxygens (including phenoxy) is 1. The quantitative estimate of drug-likeness (QED) is 0.784. The first kappa shape index (κ1) is 14.3. The van der Waals surface area contributed by atoms with Crippen molar-refractivity contribution in [2.75, 3.05) is 19.7 Å². The lowest BCUT2D eigenvalue weighted by Crippen LogP contribution is -2.50. The summed E-state index contributed by atoms with van der Waals surface area (Å²) in [6.07, 6.45) is 9.71. The number of rotatable bonds is 4. The summed E-state index contributed by atoms with van der Waals surface area (Å²) in [5, 5.41) is 10.3. The third-order valence-corrected chi connectivity index (χ3v) is 4.38. The molecule has 0 aromatic carbocycles. The van der Waals surface area contributed by atoms with Crippen molar-refractivity contribution in [2.24, 2.45) is 0 Å². The predicted octanol–water partition coefficient (Wildman–Crippen LogP) is 2.57. The minimum Gasteiger partial charge on any atom is -0.391 e. The summed E-state index contributed by atoms with van der Waals surface area (Å²) in [6.45, 7) is 5.22. The highest BCUT2D eigenvalue weighted by molar-refractivity contribution is 4.85. The molecule has 2 rings (SSSR count).